The van der Waals surface area contributed by atoms with E-state index >= 15 is 0 Å². The molecule has 0 saturated carbocycles. The highest BCUT2D eigenvalue weighted by molar-refractivity contribution is 5.80. The average Bonchev–Trinajstić information content (AvgIpc) is 3.10. The van der Waals surface area contributed by atoms with E-state index in [-0.39, 0.29) is 0 Å². The van der Waals surface area contributed by atoms with Gasteiger partial charge in [-0.3, -0.25) is 4.98 Å². The van der Waals surface area contributed by atoms with Gasteiger partial charge in [0.05, 0.1) is 12.2 Å². The first-order valence-corrected chi connectivity index (χ1v) is 9.01. The summed E-state index contributed by atoms with van der Waals surface area (Å²) in [5.41, 5.74) is 3.58. The maximum Gasteiger partial charge on any atom is 0.191 e. The molecule has 5 heteroatoms. The summed E-state index contributed by atoms with van der Waals surface area (Å²) < 4.78 is 0. The number of guanidine groups is 1. The van der Waals surface area contributed by atoms with Crippen LogP contribution in [0.5, 0.6) is 0 Å². The summed E-state index contributed by atoms with van der Waals surface area (Å²) in [6.07, 6.45) is 2.92. The van der Waals surface area contributed by atoms with Gasteiger partial charge in [0.1, 0.15) is 0 Å². The molecule has 0 radical (unpaired) electrons. The predicted molar refractivity (Wildman–Crippen MR) is 104 cm³/mol. The first-order valence-electron chi connectivity index (χ1n) is 9.01. The molecule has 1 aliphatic rings. The number of aliphatic imine (C=N–C) groups is 1. The number of hydrogen-bond acceptors (Lipinski definition) is 3. The normalized spacial score (nSPS) is 17.6. The van der Waals surface area contributed by atoms with Crippen LogP contribution in [-0.2, 0) is 6.54 Å². The Morgan fingerprint density at radius 2 is 2.08 bits per heavy atom. The summed E-state index contributed by atoms with van der Waals surface area (Å²) >= 11 is 0. The summed E-state index contributed by atoms with van der Waals surface area (Å²) in [6, 6.07) is 15.1. The van der Waals surface area contributed by atoms with Crippen LogP contribution in [0.3, 0.4) is 0 Å². The van der Waals surface area contributed by atoms with Gasteiger partial charge in [-0.15, -0.1) is 0 Å². The SMILES string of the molecule is CCNC(=NCc1ccccn1)NC1CCN(c2ccc(C)cc2)C1. The molecule has 3 rings (SSSR count). The van der Waals surface area contributed by atoms with Crippen LogP contribution in [0.1, 0.15) is 24.6 Å². The van der Waals surface area contributed by atoms with Gasteiger partial charge in [-0.05, 0) is 44.5 Å². The topological polar surface area (TPSA) is 52.6 Å². The fourth-order valence-electron chi connectivity index (χ4n) is 3.03. The van der Waals surface area contributed by atoms with Crippen LogP contribution in [0.15, 0.2) is 53.7 Å². The van der Waals surface area contributed by atoms with E-state index in [0.717, 1.165) is 37.7 Å². The van der Waals surface area contributed by atoms with Crippen molar-refractivity contribution in [1.29, 1.82) is 0 Å². The zero-order chi connectivity index (χ0) is 17.5. The average molecular weight is 337 g/mol. The number of aryl methyl sites for hydroxylation is 1. The van der Waals surface area contributed by atoms with Crippen LogP contribution >= 0.6 is 0 Å². The molecule has 25 heavy (non-hydrogen) atoms. The quantitative estimate of drug-likeness (QED) is 0.651. The Morgan fingerprint density at radius 1 is 1.24 bits per heavy atom. The van der Waals surface area contributed by atoms with E-state index in [1.807, 2.05) is 24.4 Å². The van der Waals surface area contributed by atoms with Crippen molar-refractivity contribution in [1.82, 2.24) is 15.6 Å². The second-order valence-electron chi connectivity index (χ2n) is 6.43. The lowest BCUT2D eigenvalue weighted by Gasteiger charge is -2.20. The molecule has 2 aromatic rings. The minimum Gasteiger partial charge on any atom is -0.369 e. The van der Waals surface area contributed by atoms with Gasteiger partial charge < -0.3 is 15.5 Å². The molecule has 0 bridgehead atoms. The van der Waals surface area contributed by atoms with Crippen LogP contribution in [0.25, 0.3) is 0 Å². The van der Waals surface area contributed by atoms with E-state index in [0.29, 0.717) is 12.6 Å². The van der Waals surface area contributed by atoms with Gasteiger partial charge in [0.2, 0.25) is 0 Å². The number of anilines is 1. The van der Waals surface area contributed by atoms with Gasteiger partial charge >= 0.3 is 0 Å². The standard InChI is InChI=1S/C20H27N5/c1-3-21-20(23-14-17-6-4-5-12-22-17)24-18-11-13-25(15-18)19-9-7-16(2)8-10-19/h4-10,12,18H,3,11,13-15H2,1-2H3,(H2,21,23,24). The van der Waals surface area contributed by atoms with Gasteiger partial charge in [0.25, 0.3) is 0 Å². The minimum absolute atomic E-state index is 0.405. The Morgan fingerprint density at radius 3 is 2.80 bits per heavy atom. The van der Waals surface area contributed by atoms with Crippen molar-refractivity contribution in [2.75, 3.05) is 24.5 Å². The summed E-state index contributed by atoms with van der Waals surface area (Å²) in [6.45, 7) is 7.72. The molecular formula is C20H27N5. The van der Waals surface area contributed by atoms with Gasteiger partial charge in [-0.2, -0.15) is 0 Å². The molecule has 1 saturated heterocycles. The predicted octanol–water partition coefficient (Wildman–Crippen LogP) is 2.72. The Kier molecular flexibility index (Phi) is 5.88. The number of pyridine rings is 1. The Bertz CT molecular complexity index is 681. The number of nitrogens with one attached hydrogen (secondary N) is 2. The summed E-state index contributed by atoms with van der Waals surface area (Å²) in [4.78, 5) is 11.4. The second kappa shape index (κ2) is 8.51. The van der Waals surface area contributed by atoms with Crippen molar-refractivity contribution in [2.45, 2.75) is 32.9 Å². The largest absolute Gasteiger partial charge is 0.369 e. The summed E-state index contributed by atoms with van der Waals surface area (Å²) in [7, 11) is 0. The fraction of sp³-hybridized carbons (Fsp3) is 0.400. The summed E-state index contributed by atoms with van der Waals surface area (Å²) in [5, 5.41) is 6.90. The second-order valence-corrected chi connectivity index (χ2v) is 6.43. The Hall–Kier alpha value is -2.56. The molecule has 1 aromatic carbocycles. The van der Waals surface area contributed by atoms with E-state index in [1.165, 1.54) is 11.3 Å². The van der Waals surface area contributed by atoms with Crippen molar-refractivity contribution < 1.29 is 0 Å². The third-order valence-corrected chi connectivity index (χ3v) is 4.40. The zero-order valence-corrected chi connectivity index (χ0v) is 15.1. The van der Waals surface area contributed by atoms with E-state index in [2.05, 4.69) is 63.6 Å². The number of nitrogens with zero attached hydrogens (tertiary/aromatic N) is 3. The number of aromatic nitrogens is 1. The molecule has 0 amide bonds. The van der Waals surface area contributed by atoms with Crippen LogP contribution < -0.4 is 15.5 Å². The van der Waals surface area contributed by atoms with Crippen LogP contribution in [0, 0.1) is 6.92 Å². The third kappa shape index (κ3) is 4.95. The molecule has 1 atom stereocenters. The Balaban J connectivity index is 1.58. The fourth-order valence-corrected chi connectivity index (χ4v) is 3.03. The first kappa shape index (κ1) is 17.3. The maximum atomic E-state index is 4.67. The molecule has 0 aliphatic carbocycles. The smallest absolute Gasteiger partial charge is 0.191 e. The lowest BCUT2D eigenvalue weighted by atomic mass is 10.2. The Labute approximate surface area is 150 Å². The molecule has 1 fully saturated rings. The van der Waals surface area contributed by atoms with Crippen molar-refractivity contribution in [2.24, 2.45) is 4.99 Å². The molecular weight excluding hydrogens is 310 g/mol. The van der Waals surface area contributed by atoms with E-state index in [9.17, 15) is 0 Å². The molecule has 1 unspecified atom stereocenters. The van der Waals surface area contributed by atoms with Crippen molar-refractivity contribution in [3.8, 4) is 0 Å². The number of rotatable bonds is 5. The van der Waals surface area contributed by atoms with Crippen LogP contribution in [-0.4, -0.2) is 36.6 Å². The van der Waals surface area contributed by atoms with Gasteiger partial charge in [0.15, 0.2) is 5.96 Å². The molecule has 2 N–H and O–H groups in total. The molecule has 0 spiro atoms. The van der Waals surface area contributed by atoms with Crippen molar-refractivity contribution >= 4 is 11.6 Å². The van der Waals surface area contributed by atoms with Gasteiger partial charge in [0, 0.05) is 37.6 Å². The number of benzene rings is 1. The first-order chi connectivity index (χ1) is 12.2. The monoisotopic (exact) mass is 337 g/mol. The van der Waals surface area contributed by atoms with Crippen LogP contribution in [0.4, 0.5) is 5.69 Å². The maximum absolute atomic E-state index is 4.67. The molecule has 132 valence electrons. The van der Waals surface area contributed by atoms with E-state index in [1.54, 1.807) is 0 Å². The molecule has 2 heterocycles. The highest BCUT2D eigenvalue weighted by Crippen LogP contribution is 2.20. The molecule has 1 aromatic heterocycles. The highest BCUT2D eigenvalue weighted by atomic mass is 15.2. The van der Waals surface area contributed by atoms with Gasteiger partial charge in [-0.1, -0.05) is 23.8 Å². The summed E-state index contributed by atoms with van der Waals surface area (Å²) in [5.74, 6) is 0.865. The lowest BCUT2D eigenvalue weighted by molar-refractivity contribution is 0.649. The van der Waals surface area contributed by atoms with Crippen molar-refractivity contribution in [3.05, 3.63) is 59.9 Å². The molecule has 5 nitrogen and oxygen atoms in total. The minimum atomic E-state index is 0.405. The molecule has 1 aliphatic heterocycles. The van der Waals surface area contributed by atoms with Crippen molar-refractivity contribution in [3.63, 3.8) is 0 Å². The number of hydrogen-bond donors (Lipinski definition) is 2. The van der Waals surface area contributed by atoms with E-state index < -0.39 is 0 Å². The lowest BCUT2D eigenvalue weighted by Crippen LogP contribution is -2.44. The third-order valence-electron chi connectivity index (χ3n) is 4.40. The zero-order valence-electron chi connectivity index (χ0n) is 15.1. The van der Waals surface area contributed by atoms with Gasteiger partial charge in [-0.25, -0.2) is 4.99 Å². The highest BCUT2D eigenvalue weighted by Gasteiger charge is 2.23. The van der Waals surface area contributed by atoms with E-state index in [4.69, 9.17) is 0 Å². The van der Waals surface area contributed by atoms with Crippen LogP contribution in [0.2, 0.25) is 0 Å².